The van der Waals surface area contributed by atoms with Gasteiger partial charge in [0.25, 0.3) is 0 Å². The molecule has 3 N–H and O–H groups in total. The van der Waals surface area contributed by atoms with E-state index in [4.69, 9.17) is 0 Å². The zero-order valence-corrected chi connectivity index (χ0v) is 13.8. The lowest BCUT2D eigenvalue weighted by Crippen LogP contribution is -2.50. The predicted octanol–water partition coefficient (Wildman–Crippen LogP) is 1.78. The fraction of sp³-hybridized carbons (Fsp3) is 0.600. The Balaban J connectivity index is 1.98. The third-order valence-corrected chi connectivity index (χ3v) is 5.71. The lowest BCUT2D eigenvalue weighted by Gasteiger charge is -2.39. The smallest absolute Gasteiger partial charge is 0.240 e. The number of hydrogen-bond donors (Lipinski definition) is 3. The van der Waals surface area contributed by atoms with Crippen molar-refractivity contribution in [2.24, 2.45) is 5.41 Å². The first-order chi connectivity index (χ1) is 9.85. The third-order valence-electron chi connectivity index (χ3n) is 4.28. The SMILES string of the molecule is CNS(=O)(=O)c1ccc(NCC2NCCCC2(C)C)cc1. The zero-order valence-electron chi connectivity index (χ0n) is 12.9. The highest BCUT2D eigenvalue weighted by atomic mass is 32.2. The maximum absolute atomic E-state index is 11.7. The van der Waals surface area contributed by atoms with Gasteiger partial charge < -0.3 is 10.6 Å². The topological polar surface area (TPSA) is 70.2 Å². The Hall–Kier alpha value is -1.11. The largest absolute Gasteiger partial charge is 0.383 e. The second kappa shape index (κ2) is 6.34. The quantitative estimate of drug-likeness (QED) is 0.775. The zero-order chi connectivity index (χ0) is 15.5. The van der Waals surface area contributed by atoms with Gasteiger partial charge in [-0.1, -0.05) is 13.8 Å². The highest BCUT2D eigenvalue weighted by molar-refractivity contribution is 7.89. The number of rotatable bonds is 5. The van der Waals surface area contributed by atoms with Gasteiger partial charge in [0.1, 0.15) is 0 Å². The summed E-state index contributed by atoms with van der Waals surface area (Å²) in [5, 5.41) is 6.94. The third kappa shape index (κ3) is 3.96. The van der Waals surface area contributed by atoms with Crippen LogP contribution in [0.1, 0.15) is 26.7 Å². The molecule has 1 saturated heterocycles. The highest BCUT2D eigenvalue weighted by Gasteiger charge is 2.31. The lowest BCUT2D eigenvalue weighted by atomic mass is 9.77. The summed E-state index contributed by atoms with van der Waals surface area (Å²) in [6.45, 7) is 6.47. The molecule has 1 aromatic carbocycles. The van der Waals surface area contributed by atoms with Gasteiger partial charge in [-0.25, -0.2) is 13.1 Å². The van der Waals surface area contributed by atoms with Crippen molar-refractivity contribution in [1.82, 2.24) is 10.0 Å². The summed E-state index contributed by atoms with van der Waals surface area (Å²) in [4.78, 5) is 0.284. The summed E-state index contributed by atoms with van der Waals surface area (Å²) in [7, 11) is -1.94. The lowest BCUT2D eigenvalue weighted by molar-refractivity contribution is 0.188. The molecule has 118 valence electrons. The van der Waals surface area contributed by atoms with E-state index in [1.165, 1.54) is 19.9 Å². The van der Waals surface area contributed by atoms with E-state index in [1.54, 1.807) is 24.3 Å². The van der Waals surface area contributed by atoms with E-state index in [-0.39, 0.29) is 10.3 Å². The van der Waals surface area contributed by atoms with Crippen LogP contribution in [-0.4, -0.2) is 34.6 Å². The van der Waals surface area contributed by atoms with Gasteiger partial charge in [0, 0.05) is 18.3 Å². The molecule has 1 atom stereocenters. The van der Waals surface area contributed by atoms with Crippen LogP contribution in [-0.2, 0) is 10.0 Å². The molecule has 6 heteroatoms. The summed E-state index contributed by atoms with van der Waals surface area (Å²) in [5.41, 5.74) is 1.22. The minimum atomic E-state index is -3.36. The van der Waals surface area contributed by atoms with E-state index in [0.29, 0.717) is 6.04 Å². The van der Waals surface area contributed by atoms with Crippen LogP contribution in [0.4, 0.5) is 5.69 Å². The molecule has 0 aromatic heterocycles. The fourth-order valence-electron chi connectivity index (χ4n) is 2.71. The van der Waals surface area contributed by atoms with Gasteiger partial charge in [-0.2, -0.15) is 0 Å². The molecule has 1 aliphatic rings. The maximum atomic E-state index is 11.7. The van der Waals surface area contributed by atoms with E-state index in [1.807, 2.05) is 0 Å². The Bertz CT molecular complexity index is 567. The van der Waals surface area contributed by atoms with Crippen LogP contribution in [0.5, 0.6) is 0 Å². The summed E-state index contributed by atoms with van der Waals surface area (Å²) >= 11 is 0. The molecule has 0 aliphatic carbocycles. The Kier molecular flexibility index (Phi) is 4.91. The van der Waals surface area contributed by atoms with Gasteiger partial charge in [0.05, 0.1) is 4.90 Å². The molecule has 21 heavy (non-hydrogen) atoms. The molecule has 1 fully saturated rings. The summed E-state index contributed by atoms with van der Waals surface area (Å²) in [6.07, 6.45) is 2.45. The van der Waals surface area contributed by atoms with Gasteiger partial charge in [-0.05, 0) is 56.1 Å². The number of nitrogens with one attached hydrogen (secondary N) is 3. The van der Waals surface area contributed by atoms with Crippen LogP contribution >= 0.6 is 0 Å². The Labute approximate surface area is 127 Å². The van der Waals surface area contributed by atoms with Crippen molar-refractivity contribution >= 4 is 15.7 Å². The molecule has 0 spiro atoms. The average Bonchev–Trinajstić information content (AvgIpc) is 2.46. The first kappa shape index (κ1) is 16.3. The molecule has 1 unspecified atom stereocenters. The standard InChI is InChI=1S/C15H25N3O2S/c1-15(2)9-4-10-17-14(15)11-18-12-5-7-13(8-6-12)21(19,20)16-3/h5-8,14,16-18H,4,9-11H2,1-3H3. The van der Waals surface area contributed by atoms with E-state index in [2.05, 4.69) is 29.2 Å². The number of hydrogen-bond acceptors (Lipinski definition) is 4. The van der Waals surface area contributed by atoms with Gasteiger partial charge in [0.2, 0.25) is 10.0 Å². The molecule has 2 rings (SSSR count). The van der Waals surface area contributed by atoms with Crippen molar-refractivity contribution in [3.05, 3.63) is 24.3 Å². The van der Waals surface area contributed by atoms with E-state index >= 15 is 0 Å². The van der Waals surface area contributed by atoms with Crippen molar-refractivity contribution in [3.8, 4) is 0 Å². The molecule has 0 saturated carbocycles. The Morgan fingerprint density at radius 2 is 1.95 bits per heavy atom. The molecule has 1 heterocycles. The van der Waals surface area contributed by atoms with Crippen molar-refractivity contribution in [3.63, 3.8) is 0 Å². The maximum Gasteiger partial charge on any atom is 0.240 e. The summed E-state index contributed by atoms with van der Waals surface area (Å²) in [5.74, 6) is 0. The fourth-order valence-corrected chi connectivity index (χ4v) is 3.44. The van der Waals surface area contributed by atoms with E-state index < -0.39 is 10.0 Å². The van der Waals surface area contributed by atoms with Crippen LogP contribution in [0, 0.1) is 5.41 Å². The van der Waals surface area contributed by atoms with Crippen molar-refractivity contribution < 1.29 is 8.42 Å². The minimum Gasteiger partial charge on any atom is -0.383 e. The van der Waals surface area contributed by atoms with Gasteiger partial charge in [-0.15, -0.1) is 0 Å². The van der Waals surface area contributed by atoms with E-state index in [9.17, 15) is 8.42 Å². The van der Waals surface area contributed by atoms with Crippen molar-refractivity contribution in [1.29, 1.82) is 0 Å². The predicted molar refractivity (Wildman–Crippen MR) is 86.0 cm³/mol. The first-order valence-electron chi connectivity index (χ1n) is 7.36. The molecule has 5 nitrogen and oxygen atoms in total. The van der Waals surface area contributed by atoms with Crippen LogP contribution < -0.4 is 15.4 Å². The number of benzene rings is 1. The second-order valence-corrected chi connectivity index (χ2v) is 8.10. The molecular weight excluding hydrogens is 286 g/mol. The average molecular weight is 311 g/mol. The highest BCUT2D eigenvalue weighted by Crippen LogP contribution is 2.30. The minimum absolute atomic E-state index is 0.278. The van der Waals surface area contributed by atoms with Crippen LogP contribution in [0.3, 0.4) is 0 Å². The molecule has 1 aromatic rings. The molecule has 0 amide bonds. The number of anilines is 1. The van der Waals surface area contributed by atoms with Gasteiger partial charge in [0.15, 0.2) is 0 Å². The van der Waals surface area contributed by atoms with Crippen LogP contribution in [0.25, 0.3) is 0 Å². The monoisotopic (exact) mass is 311 g/mol. The number of piperidine rings is 1. The number of sulfonamides is 1. The van der Waals surface area contributed by atoms with Gasteiger partial charge >= 0.3 is 0 Å². The molecular formula is C15H25N3O2S. The van der Waals surface area contributed by atoms with Crippen LogP contribution in [0.15, 0.2) is 29.2 Å². The van der Waals surface area contributed by atoms with Crippen molar-refractivity contribution in [2.45, 2.75) is 37.6 Å². The summed E-state index contributed by atoms with van der Waals surface area (Å²) in [6, 6.07) is 7.27. The van der Waals surface area contributed by atoms with Crippen LogP contribution in [0.2, 0.25) is 0 Å². The first-order valence-corrected chi connectivity index (χ1v) is 8.84. The molecule has 0 radical (unpaired) electrons. The van der Waals surface area contributed by atoms with E-state index in [0.717, 1.165) is 18.8 Å². The van der Waals surface area contributed by atoms with Crippen molar-refractivity contribution in [2.75, 3.05) is 25.5 Å². The molecule has 1 aliphatic heterocycles. The second-order valence-electron chi connectivity index (χ2n) is 6.21. The summed E-state index contributed by atoms with van der Waals surface area (Å²) < 4.78 is 25.6. The Morgan fingerprint density at radius 1 is 1.29 bits per heavy atom. The molecule has 0 bridgehead atoms. The van der Waals surface area contributed by atoms with Gasteiger partial charge in [-0.3, -0.25) is 0 Å². The Morgan fingerprint density at radius 3 is 2.52 bits per heavy atom. The normalized spacial score (nSPS) is 22.0.